The Labute approximate surface area is 171 Å². The summed E-state index contributed by atoms with van der Waals surface area (Å²) < 4.78 is 11.9. The molecule has 2 aromatic heterocycles. The lowest BCUT2D eigenvalue weighted by atomic mass is 10.2. The molecule has 0 atom stereocenters. The number of fused-ring (bicyclic) bond motifs is 1. The normalized spacial score (nSPS) is 10.9. The molecule has 0 aliphatic carbocycles. The van der Waals surface area contributed by atoms with E-state index in [0.717, 1.165) is 5.69 Å². The molecule has 152 valence electrons. The molecule has 2 heterocycles. The van der Waals surface area contributed by atoms with Gasteiger partial charge in [-0.15, -0.1) is 0 Å². The number of hydrogen-bond donors (Lipinski definition) is 1. The van der Waals surface area contributed by atoms with E-state index in [0.29, 0.717) is 27.2 Å². The van der Waals surface area contributed by atoms with Crippen LogP contribution < -0.4 is 5.56 Å². The molecule has 0 unspecified atom stereocenters. The van der Waals surface area contributed by atoms with Crippen LogP contribution >= 0.6 is 11.6 Å². The van der Waals surface area contributed by atoms with Gasteiger partial charge in [0.25, 0.3) is 5.56 Å². The maximum absolute atomic E-state index is 12.3. The van der Waals surface area contributed by atoms with E-state index in [1.807, 2.05) is 0 Å². The van der Waals surface area contributed by atoms with E-state index >= 15 is 0 Å². The lowest BCUT2D eigenvalue weighted by Crippen LogP contribution is -2.18. The van der Waals surface area contributed by atoms with Crippen molar-refractivity contribution in [2.24, 2.45) is 0 Å². The van der Waals surface area contributed by atoms with Crippen LogP contribution in [0.25, 0.3) is 10.9 Å². The quantitative estimate of drug-likeness (QED) is 0.618. The zero-order chi connectivity index (χ0) is 21.1. The minimum atomic E-state index is -0.527. The van der Waals surface area contributed by atoms with Gasteiger partial charge < -0.3 is 19.0 Å². The Bertz CT molecular complexity index is 1150. The lowest BCUT2D eigenvalue weighted by molar-refractivity contribution is -0.146. The number of aromatic nitrogens is 3. The smallest absolute Gasteiger partial charge is 0.339 e. The fourth-order valence-electron chi connectivity index (χ4n) is 3.01. The molecular formula is C20H20ClN3O5. The highest BCUT2D eigenvalue weighted by Crippen LogP contribution is 2.17. The van der Waals surface area contributed by atoms with Crippen molar-refractivity contribution in [3.8, 4) is 0 Å². The van der Waals surface area contributed by atoms with Gasteiger partial charge in [0.1, 0.15) is 19.0 Å². The van der Waals surface area contributed by atoms with Gasteiger partial charge in [-0.1, -0.05) is 11.6 Å². The number of aryl methyl sites for hydroxylation is 1. The van der Waals surface area contributed by atoms with Gasteiger partial charge in [0.05, 0.1) is 23.1 Å². The Morgan fingerprint density at radius 1 is 1.21 bits per heavy atom. The maximum Gasteiger partial charge on any atom is 0.339 e. The Kier molecular flexibility index (Phi) is 6.03. The fraction of sp³-hybridized carbons (Fsp3) is 0.300. The lowest BCUT2D eigenvalue weighted by Gasteiger charge is -2.10. The average molecular weight is 418 g/mol. The Hall–Kier alpha value is -3.13. The molecule has 1 aromatic carbocycles. The molecule has 0 saturated carbocycles. The van der Waals surface area contributed by atoms with Crippen LogP contribution in [0.5, 0.6) is 0 Å². The van der Waals surface area contributed by atoms with Crippen LogP contribution in [-0.4, -0.2) is 33.1 Å². The minimum Gasteiger partial charge on any atom is -0.462 e. The van der Waals surface area contributed by atoms with Crippen molar-refractivity contribution < 1.29 is 19.1 Å². The second kappa shape index (κ2) is 8.48. The molecule has 1 N–H and O–H groups in total. The maximum atomic E-state index is 12.3. The van der Waals surface area contributed by atoms with E-state index in [-0.39, 0.29) is 31.1 Å². The molecule has 3 rings (SSSR count). The first-order valence-corrected chi connectivity index (χ1v) is 9.36. The van der Waals surface area contributed by atoms with Gasteiger partial charge in [0.15, 0.2) is 0 Å². The molecular weight excluding hydrogens is 398 g/mol. The molecule has 0 fully saturated rings. The van der Waals surface area contributed by atoms with Gasteiger partial charge in [0.2, 0.25) is 0 Å². The van der Waals surface area contributed by atoms with E-state index in [1.165, 1.54) is 6.07 Å². The number of halogens is 1. The van der Waals surface area contributed by atoms with E-state index in [4.69, 9.17) is 21.1 Å². The summed E-state index contributed by atoms with van der Waals surface area (Å²) in [4.78, 5) is 43.3. The number of nitrogens with one attached hydrogen (secondary N) is 1. The van der Waals surface area contributed by atoms with Crippen LogP contribution in [0.3, 0.4) is 0 Å². The van der Waals surface area contributed by atoms with Gasteiger partial charge in [-0.05, 0) is 45.0 Å². The topological polar surface area (TPSA) is 103 Å². The van der Waals surface area contributed by atoms with Crippen molar-refractivity contribution in [3.63, 3.8) is 0 Å². The van der Waals surface area contributed by atoms with Gasteiger partial charge in [0, 0.05) is 16.4 Å². The average Bonchev–Trinajstić information content (AvgIpc) is 2.95. The zero-order valence-corrected chi connectivity index (χ0v) is 17.0. The molecule has 8 nitrogen and oxygen atoms in total. The minimum absolute atomic E-state index is 0.0789. The van der Waals surface area contributed by atoms with Crippen molar-refractivity contribution >= 4 is 34.4 Å². The predicted molar refractivity (Wildman–Crippen MR) is 107 cm³/mol. The molecule has 0 amide bonds. The van der Waals surface area contributed by atoms with E-state index in [2.05, 4.69) is 9.97 Å². The van der Waals surface area contributed by atoms with Crippen LogP contribution in [-0.2, 0) is 27.4 Å². The largest absolute Gasteiger partial charge is 0.462 e. The van der Waals surface area contributed by atoms with E-state index in [9.17, 15) is 14.4 Å². The van der Waals surface area contributed by atoms with Crippen molar-refractivity contribution in [1.29, 1.82) is 0 Å². The number of nitrogens with zero attached hydrogens (tertiary/aromatic N) is 2. The number of rotatable bonds is 6. The first-order valence-electron chi connectivity index (χ1n) is 8.98. The van der Waals surface area contributed by atoms with Crippen molar-refractivity contribution in [3.05, 3.63) is 62.4 Å². The Morgan fingerprint density at radius 3 is 2.69 bits per heavy atom. The number of carbonyl (C=O) groups excluding carboxylic acids is 2. The number of hydrogen-bond acceptors (Lipinski definition) is 6. The molecule has 0 bridgehead atoms. The molecule has 0 saturated heterocycles. The van der Waals surface area contributed by atoms with Crippen LogP contribution in [0, 0.1) is 13.8 Å². The fourth-order valence-corrected chi connectivity index (χ4v) is 3.18. The summed E-state index contributed by atoms with van der Waals surface area (Å²) in [7, 11) is 0. The number of esters is 2. The molecule has 29 heavy (non-hydrogen) atoms. The SMILES string of the molecule is CCOC(=O)c1cc(C)n(CC(=O)OCc2nc3ccc(Cl)cc3c(=O)[nH]2)c1C. The van der Waals surface area contributed by atoms with Gasteiger partial charge in [-0.25, -0.2) is 9.78 Å². The first-order chi connectivity index (χ1) is 13.8. The third-order valence-corrected chi connectivity index (χ3v) is 4.68. The molecule has 0 aliphatic rings. The van der Waals surface area contributed by atoms with E-state index in [1.54, 1.807) is 43.5 Å². The number of carbonyl (C=O) groups is 2. The van der Waals surface area contributed by atoms with Crippen molar-refractivity contribution in [1.82, 2.24) is 14.5 Å². The standard InChI is InChI=1S/C20H20ClN3O5/c1-4-28-20(27)14-7-11(2)24(12(14)3)9-18(25)29-10-17-22-16-6-5-13(21)8-15(16)19(26)23-17/h5-8H,4,9-10H2,1-3H3,(H,22,23,26). The molecule has 0 spiro atoms. The summed E-state index contributed by atoms with van der Waals surface area (Å²) in [6.45, 7) is 5.26. The Balaban J connectivity index is 1.71. The monoisotopic (exact) mass is 417 g/mol. The highest BCUT2D eigenvalue weighted by Gasteiger charge is 2.18. The van der Waals surface area contributed by atoms with Gasteiger partial charge in [-0.2, -0.15) is 0 Å². The molecule has 0 radical (unpaired) electrons. The summed E-state index contributed by atoms with van der Waals surface area (Å²) >= 11 is 5.89. The number of aromatic amines is 1. The number of H-pyrrole nitrogens is 1. The zero-order valence-electron chi connectivity index (χ0n) is 16.2. The van der Waals surface area contributed by atoms with Crippen LogP contribution in [0.1, 0.15) is 34.5 Å². The summed E-state index contributed by atoms with van der Waals surface area (Å²) in [5.41, 5.74) is 1.86. The third kappa shape index (κ3) is 4.48. The second-order valence-corrected chi connectivity index (χ2v) is 6.86. The predicted octanol–water partition coefficient (Wildman–Crippen LogP) is 2.91. The van der Waals surface area contributed by atoms with Crippen molar-refractivity contribution in [2.45, 2.75) is 33.9 Å². The van der Waals surface area contributed by atoms with Gasteiger partial charge in [-0.3, -0.25) is 9.59 Å². The Morgan fingerprint density at radius 2 is 1.97 bits per heavy atom. The first kappa shape index (κ1) is 20.6. The van der Waals surface area contributed by atoms with Crippen molar-refractivity contribution in [2.75, 3.05) is 6.61 Å². The van der Waals surface area contributed by atoms with Gasteiger partial charge >= 0.3 is 11.9 Å². The number of benzene rings is 1. The van der Waals surface area contributed by atoms with E-state index < -0.39 is 11.9 Å². The summed E-state index contributed by atoms with van der Waals surface area (Å²) in [6.07, 6.45) is 0. The molecule has 3 aromatic rings. The third-order valence-electron chi connectivity index (χ3n) is 4.44. The number of ether oxygens (including phenoxy) is 2. The summed E-state index contributed by atoms with van der Waals surface area (Å²) in [5, 5.41) is 0.793. The van der Waals surface area contributed by atoms with Crippen LogP contribution in [0.15, 0.2) is 29.1 Å². The van der Waals surface area contributed by atoms with Crippen LogP contribution in [0.2, 0.25) is 5.02 Å². The highest BCUT2D eigenvalue weighted by molar-refractivity contribution is 6.31. The highest BCUT2D eigenvalue weighted by atomic mass is 35.5. The molecule has 9 heteroatoms. The molecule has 0 aliphatic heterocycles. The van der Waals surface area contributed by atoms with Crippen LogP contribution in [0.4, 0.5) is 0 Å². The second-order valence-electron chi connectivity index (χ2n) is 6.43. The summed E-state index contributed by atoms with van der Waals surface area (Å²) in [5.74, 6) is -0.731. The summed E-state index contributed by atoms with van der Waals surface area (Å²) in [6, 6.07) is 6.46.